The quantitative estimate of drug-likeness (QED) is 0.777. The van der Waals surface area contributed by atoms with Gasteiger partial charge in [0.05, 0.1) is 11.6 Å². The van der Waals surface area contributed by atoms with Gasteiger partial charge in [0.1, 0.15) is 0 Å². The van der Waals surface area contributed by atoms with Crippen LogP contribution in [0, 0.1) is 0 Å². The van der Waals surface area contributed by atoms with Crippen molar-refractivity contribution in [2.45, 2.75) is 55.7 Å². The Labute approximate surface area is 135 Å². The van der Waals surface area contributed by atoms with Gasteiger partial charge in [-0.25, -0.2) is 4.98 Å². The minimum absolute atomic E-state index is 0.808. The molecule has 1 aromatic heterocycles. The van der Waals surface area contributed by atoms with Crippen molar-refractivity contribution in [3.05, 3.63) is 40.3 Å². The third-order valence-electron chi connectivity index (χ3n) is 3.84. The van der Waals surface area contributed by atoms with Crippen LogP contribution in [0.2, 0.25) is 0 Å². The molecule has 1 aromatic carbocycles. The average molecular weight is 319 g/mol. The Kier molecular flexibility index (Phi) is 5.20. The van der Waals surface area contributed by atoms with Crippen molar-refractivity contribution in [2.75, 3.05) is 5.32 Å². The lowest BCUT2D eigenvalue weighted by molar-refractivity contribution is 0.886. The molecule has 1 aliphatic carbocycles. The van der Waals surface area contributed by atoms with E-state index in [9.17, 15) is 0 Å². The van der Waals surface area contributed by atoms with E-state index in [0.717, 1.165) is 18.2 Å². The maximum Gasteiger partial charge on any atom is 0.0925 e. The van der Waals surface area contributed by atoms with Gasteiger partial charge in [0.25, 0.3) is 0 Å². The average Bonchev–Trinajstić information content (AvgIpc) is 3.17. The maximum atomic E-state index is 4.43. The molecule has 0 aliphatic heterocycles. The first kappa shape index (κ1) is 14.9. The highest BCUT2D eigenvalue weighted by Crippen LogP contribution is 2.38. The standard InChI is InChI=1S/C17H22N2S2/c1-2-17-19-12-14(21-17)11-18-15-9-5-6-10-16(15)20-13-7-3-4-8-13/h5-6,9-10,12-13,18H,2-4,7-8,11H2,1H3. The third-order valence-corrected chi connectivity index (χ3v) is 6.40. The normalized spacial score (nSPS) is 15.5. The summed E-state index contributed by atoms with van der Waals surface area (Å²) in [6, 6.07) is 8.70. The molecule has 1 heterocycles. The molecule has 0 radical (unpaired) electrons. The summed E-state index contributed by atoms with van der Waals surface area (Å²) in [5.41, 5.74) is 1.26. The van der Waals surface area contributed by atoms with Crippen LogP contribution in [-0.4, -0.2) is 10.2 Å². The fourth-order valence-corrected chi connectivity index (χ4v) is 4.83. The monoisotopic (exact) mass is 318 g/mol. The lowest BCUT2D eigenvalue weighted by Gasteiger charge is -2.14. The summed E-state index contributed by atoms with van der Waals surface area (Å²) >= 11 is 3.86. The molecule has 0 unspecified atom stereocenters. The predicted molar refractivity (Wildman–Crippen MR) is 93.4 cm³/mol. The van der Waals surface area contributed by atoms with Gasteiger partial charge in [-0.1, -0.05) is 31.9 Å². The fraction of sp³-hybridized carbons (Fsp3) is 0.471. The molecule has 1 N–H and O–H groups in total. The first-order valence-corrected chi connectivity index (χ1v) is 9.48. The van der Waals surface area contributed by atoms with Gasteiger partial charge >= 0.3 is 0 Å². The number of hydrogen-bond acceptors (Lipinski definition) is 4. The number of thiazole rings is 1. The SMILES string of the molecule is CCc1ncc(CNc2ccccc2SC2CCCC2)s1. The molecule has 0 saturated heterocycles. The van der Waals surface area contributed by atoms with Crippen LogP contribution in [0.3, 0.4) is 0 Å². The zero-order chi connectivity index (χ0) is 14.5. The zero-order valence-electron chi connectivity index (χ0n) is 12.5. The Morgan fingerprint density at radius 2 is 2.10 bits per heavy atom. The van der Waals surface area contributed by atoms with E-state index < -0.39 is 0 Å². The van der Waals surface area contributed by atoms with E-state index in [1.165, 1.54) is 46.2 Å². The van der Waals surface area contributed by atoms with Crippen LogP contribution in [-0.2, 0) is 13.0 Å². The zero-order valence-corrected chi connectivity index (χ0v) is 14.1. The van der Waals surface area contributed by atoms with Gasteiger partial charge in [0.2, 0.25) is 0 Å². The lowest BCUT2D eigenvalue weighted by atomic mass is 10.3. The number of nitrogens with zero attached hydrogens (tertiary/aromatic N) is 1. The van der Waals surface area contributed by atoms with E-state index >= 15 is 0 Å². The summed E-state index contributed by atoms with van der Waals surface area (Å²) in [6.45, 7) is 3.03. The van der Waals surface area contributed by atoms with Crippen LogP contribution in [0.5, 0.6) is 0 Å². The molecule has 0 atom stereocenters. The molecule has 2 nitrogen and oxygen atoms in total. The second-order valence-corrected chi connectivity index (χ2v) is 7.99. The van der Waals surface area contributed by atoms with Gasteiger partial charge in [0, 0.05) is 26.9 Å². The molecule has 21 heavy (non-hydrogen) atoms. The van der Waals surface area contributed by atoms with E-state index in [4.69, 9.17) is 0 Å². The second-order valence-electron chi connectivity index (χ2n) is 5.45. The number of rotatable bonds is 6. The minimum atomic E-state index is 0.808. The number of aromatic nitrogens is 1. The summed E-state index contributed by atoms with van der Waals surface area (Å²) in [5, 5.41) is 5.62. The van der Waals surface area contributed by atoms with E-state index in [0.29, 0.717) is 0 Å². The van der Waals surface area contributed by atoms with Gasteiger partial charge in [-0.05, 0) is 31.4 Å². The van der Waals surface area contributed by atoms with Crippen molar-refractivity contribution in [2.24, 2.45) is 0 Å². The van der Waals surface area contributed by atoms with Crippen molar-refractivity contribution < 1.29 is 0 Å². The number of anilines is 1. The van der Waals surface area contributed by atoms with E-state index in [1.807, 2.05) is 29.3 Å². The number of para-hydroxylation sites is 1. The first-order valence-electron chi connectivity index (χ1n) is 7.78. The molecule has 0 spiro atoms. The third kappa shape index (κ3) is 4.01. The summed E-state index contributed by atoms with van der Waals surface area (Å²) in [4.78, 5) is 7.13. The fourth-order valence-electron chi connectivity index (χ4n) is 2.68. The summed E-state index contributed by atoms with van der Waals surface area (Å²) in [7, 11) is 0. The molecule has 0 amide bonds. The van der Waals surface area contributed by atoms with Crippen LogP contribution in [0.1, 0.15) is 42.5 Å². The number of nitrogens with one attached hydrogen (secondary N) is 1. The molecular weight excluding hydrogens is 296 g/mol. The first-order chi connectivity index (χ1) is 10.3. The Balaban J connectivity index is 1.64. The molecule has 0 bridgehead atoms. The number of thioether (sulfide) groups is 1. The van der Waals surface area contributed by atoms with Gasteiger partial charge < -0.3 is 5.32 Å². The molecule has 2 aromatic rings. The highest BCUT2D eigenvalue weighted by molar-refractivity contribution is 8.00. The number of aryl methyl sites for hydroxylation is 1. The van der Waals surface area contributed by atoms with Crippen LogP contribution in [0.15, 0.2) is 35.4 Å². The molecule has 1 saturated carbocycles. The summed E-state index contributed by atoms with van der Waals surface area (Å²) in [5.74, 6) is 0. The van der Waals surface area contributed by atoms with Crippen LogP contribution < -0.4 is 5.32 Å². The smallest absolute Gasteiger partial charge is 0.0925 e. The van der Waals surface area contributed by atoms with Crippen LogP contribution in [0.25, 0.3) is 0 Å². The highest BCUT2D eigenvalue weighted by atomic mass is 32.2. The molecular formula is C17H22N2S2. The van der Waals surface area contributed by atoms with E-state index in [2.05, 4.69) is 41.5 Å². The lowest BCUT2D eigenvalue weighted by Crippen LogP contribution is -2.01. The van der Waals surface area contributed by atoms with E-state index in [-0.39, 0.29) is 0 Å². The van der Waals surface area contributed by atoms with E-state index in [1.54, 1.807) is 0 Å². The largest absolute Gasteiger partial charge is 0.379 e. The van der Waals surface area contributed by atoms with Crippen molar-refractivity contribution in [1.29, 1.82) is 0 Å². The van der Waals surface area contributed by atoms with Crippen molar-refractivity contribution in [3.8, 4) is 0 Å². The Morgan fingerprint density at radius 1 is 1.29 bits per heavy atom. The van der Waals surface area contributed by atoms with Gasteiger partial charge in [-0.2, -0.15) is 0 Å². The topological polar surface area (TPSA) is 24.9 Å². The van der Waals surface area contributed by atoms with Crippen molar-refractivity contribution >= 4 is 28.8 Å². The molecule has 112 valence electrons. The Morgan fingerprint density at radius 3 is 2.86 bits per heavy atom. The molecule has 1 fully saturated rings. The second kappa shape index (κ2) is 7.32. The summed E-state index contributed by atoms with van der Waals surface area (Å²) in [6.07, 6.45) is 8.56. The van der Waals surface area contributed by atoms with Crippen molar-refractivity contribution in [3.63, 3.8) is 0 Å². The van der Waals surface area contributed by atoms with Crippen molar-refractivity contribution in [1.82, 2.24) is 4.98 Å². The Bertz CT molecular complexity index is 574. The maximum absolute atomic E-state index is 4.43. The Hall–Kier alpha value is -1.000. The number of hydrogen-bond donors (Lipinski definition) is 1. The van der Waals surface area contributed by atoms with Gasteiger partial charge in [-0.15, -0.1) is 23.1 Å². The number of benzene rings is 1. The molecule has 3 rings (SSSR count). The molecule has 1 aliphatic rings. The molecule has 4 heteroatoms. The van der Waals surface area contributed by atoms with Gasteiger partial charge in [0.15, 0.2) is 0 Å². The van der Waals surface area contributed by atoms with Crippen LogP contribution in [0.4, 0.5) is 5.69 Å². The van der Waals surface area contributed by atoms with Crippen LogP contribution >= 0.6 is 23.1 Å². The van der Waals surface area contributed by atoms with Gasteiger partial charge in [-0.3, -0.25) is 0 Å². The summed E-state index contributed by atoms with van der Waals surface area (Å²) < 4.78 is 0. The highest BCUT2D eigenvalue weighted by Gasteiger charge is 2.17. The minimum Gasteiger partial charge on any atom is -0.379 e. The predicted octanol–water partition coefficient (Wildman–Crippen LogP) is 5.35.